The molecule has 1 nitrogen and oxygen atoms in total. The molecule has 2 heteroatoms. The summed E-state index contributed by atoms with van der Waals surface area (Å²) in [6, 6.07) is 32.4. The van der Waals surface area contributed by atoms with Crippen LogP contribution in [0.5, 0.6) is 0 Å². The van der Waals surface area contributed by atoms with Crippen molar-refractivity contribution in [3.05, 3.63) is 120 Å². The average molecular weight is 399 g/mol. The van der Waals surface area contributed by atoms with Crippen LogP contribution in [0.1, 0.15) is 42.4 Å². The summed E-state index contributed by atoms with van der Waals surface area (Å²) in [7, 11) is 0.138. The summed E-state index contributed by atoms with van der Waals surface area (Å²) in [6.45, 7) is 0. The lowest BCUT2D eigenvalue weighted by Gasteiger charge is -2.36. The van der Waals surface area contributed by atoms with E-state index >= 15 is 0 Å². The summed E-state index contributed by atoms with van der Waals surface area (Å²) in [4.78, 5) is 11.5. The predicted octanol–water partition coefficient (Wildman–Crippen LogP) is 6.77. The van der Waals surface area contributed by atoms with Gasteiger partial charge in [0.15, 0.2) is 0 Å². The Labute approximate surface area is 175 Å². The van der Waals surface area contributed by atoms with Crippen LogP contribution in [0.4, 0.5) is 0 Å². The number of allylic oxidation sites excluding steroid dienone is 2. The Kier molecular flexibility index (Phi) is 7.73. The smallest absolute Gasteiger partial charge is 0.244 e. The third kappa shape index (κ3) is 5.19. The molecule has 0 aromatic heterocycles. The Morgan fingerprint density at radius 2 is 1.21 bits per heavy atom. The summed E-state index contributed by atoms with van der Waals surface area (Å²) in [5.74, 6) is 0. The molecule has 0 aliphatic carbocycles. The van der Waals surface area contributed by atoms with Gasteiger partial charge in [0.05, 0.1) is 12.7 Å². The second-order valence-corrected chi connectivity index (χ2v) is 8.08. The molecule has 3 aromatic carbocycles. The van der Waals surface area contributed by atoms with Crippen molar-refractivity contribution in [1.82, 2.24) is 0 Å². The van der Waals surface area contributed by atoms with Crippen molar-refractivity contribution in [2.75, 3.05) is 0 Å². The van der Waals surface area contributed by atoms with Gasteiger partial charge < -0.3 is 0 Å². The van der Waals surface area contributed by atoms with Crippen LogP contribution in [-0.4, -0.2) is 11.8 Å². The summed E-state index contributed by atoms with van der Waals surface area (Å²) >= 11 is 0. The number of hydrogen-bond donors (Lipinski definition) is 0. The molecule has 0 amide bonds. The van der Waals surface area contributed by atoms with Crippen molar-refractivity contribution in [2.45, 2.75) is 31.1 Å². The van der Waals surface area contributed by atoms with Gasteiger partial charge in [0.25, 0.3) is 0 Å². The largest absolute Gasteiger partial charge is 0.323 e. The minimum atomic E-state index is -0.192. The highest BCUT2D eigenvalue weighted by Crippen LogP contribution is 2.43. The maximum absolute atomic E-state index is 11.5. The first-order valence-corrected chi connectivity index (χ1v) is 11.4. The Balaban J connectivity index is 1.95. The molecule has 1 atom stereocenters. The van der Waals surface area contributed by atoms with E-state index in [0.29, 0.717) is 6.42 Å². The zero-order chi connectivity index (χ0) is 20.4. The van der Waals surface area contributed by atoms with Crippen molar-refractivity contribution in [3.8, 4) is 0 Å². The quantitative estimate of drug-likeness (QED) is 0.159. The number of unbranched alkanes of at least 4 members (excludes halogenated alkanes) is 1. The lowest BCUT2D eigenvalue weighted by atomic mass is 9.66. The van der Waals surface area contributed by atoms with Gasteiger partial charge in [-0.2, -0.15) is 0 Å². The molecule has 0 N–H and O–H groups in total. The fraction of sp³-hybridized carbons (Fsp3) is 0.185. The first-order chi connectivity index (χ1) is 14.3. The Hall–Kier alpha value is -2.76. The van der Waals surface area contributed by atoms with Gasteiger partial charge >= 0.3 is 5.52 Å². The van der Waals surface area contributed by atoms with E-state index in [1.165, 1.54) is 16.7 Å². The van der Waals surface area contributed by atoms with Crippen LogP contribution in [0.25, 0.3) is 0 Å². The zero-order valence-electron chi connectivity index (χ0n) is 16.8. The normalized spacial score (nSPS) is 11.7. The number of hydrogen-bond acceptors (Lipinski definition) is 1. The van der Waals surface area contributed by atoms with Gasteiger partial charge in [0, 0.05) is 5.41 Å². The van der Waals surface area contributed by atoms with E-state index in [-0.39, 0.29) is 19.1 Å². The minimum absolute atomic E-state index is 0.138. The monoisotopic (exact) mass is 399 g/mol. The van der Waals surface area contributed by atoms with E-state index in [1.54, 1.807) is 0 Å². The molecule has 0 fully saturated rings. The lowest BCUT2D eigenvalue weighted by molar-refractivity contribution is -0.110. The summed E-state index contributed by atoms with van der Waals surface area (Å²) in [5.41, 5.74) is 3.97. The van der Waals surface area contributed by atoms with Crippen LogP contribution >= 0.6 is 8.20 Å². The van der Waals surface area contributed by atoms with Crippen LogP contribution in [-0.2, 0) is 10.2 Å². The van der Waals surface area contributed by atoms with Gasteiger partial charge in [0.2, 0.25) is 0 Å². The Morgan fingerprint density at radius 1 is 0.759 bits per heavy atom. The summed E-state index contributed by atoms with van der Waals surface area (Å²) in [5, 5.41) is 0. The van der Waals surface area contributed by atoms with Crippen molar-refractivity contribution in [1.29, 1.82) is 0 Å². The van der Waals surface area contributed by atoms with Crippen LogP contribution in [0.15, 0.2) is 103 Å². The Morgan fingerprint density at radius 3 is 1.62 bits per heavy atom. The van der Waals surface area contributed by atoms with Gasteiger partial charge in [-0.25, -0.2) is 4.79 Å². The highest BCUT2D eigenvalue weighted by Gasteiger charge is 2.35. The van der Waals surface area contributed by atoms with Gasteiger partial charge in [-0.3, -0.25) is 0 Å². The molecular weight excluding hydrogens is 371 g/mol. The predicted molar refractivity (Wildman–Crippen MR) is 127 cm³/mol. The van der Waals surface area contributed by atoms with Crippen LogP contribution in [0, 0.1) is 0 Å². The highest BCUT2D eigenvalue weighted by molar-refractivity contribution is 7.56. The zero-order valence-corrected chi connectivity index (χ0v) is 17.8. The third-order valence-electron chi connectivity index (χ3n) is 5.39. The molecule has 0 spiro atoms. The first-order valence-electron chi connectivity index (χ1n) is 10.1. The van der Waals surface area contributed by atoms with Crippen molar-refractivity contribution in [3.63, 3.8) is 0 Å². The molecule has 3 rings (SSSR count). The lowest BCUT2D eigenvalue weighted by Crippen LogP contribution is -2.29. The van der Waals surface area contributed by atoms with E-state index in [0.717, 1.165) is 19.3 Å². The molecule has 29 heavy (non-hydrogen) atoms. The molecule has 0 aliphatic heterocycles. The number of rotatable bonds is 10. The molecule has 3 aromatic rings. The second-order valence-electron chi connectivity index (χ2n) is 7.17. The Bertz CT molecular complexity index is 833. The van der Waals surface area contributed by atoms with E-state index in [4.69, 9.17) is 0 Å². The van der Waals surface area contributed by atoms with Gasteiger partial charge in [-0.15, -0.1) is 0 Å². The fourth-order valence-electron chi connectivity index (χ4n) is 3.97. The molecule has 0 bridgehead atoms. The highest BCUT2D eigenvalue weighted by atomic mass is 31.1. The molecule has 146 valence electrons. The summed E-state index contributed by atoms with van der Waals surface area (Å²) < 4.78 is 0. The van der Waals surface area contributed by atoms with E-state index in [1.807, 2.05) is 6.08 Å². The standard InChI is InChI=1S/C27H27OP/c1-29-26(28)21-13-2-3-14-22-27(23-15-7-4-8-16-23,24-17-9-5-10-18-24)25-19-11-6-12-20-25/h2,4-13,15-20H,1,3,14,21-22H2/p+1. The molecule has 0 heterocycles. The fourth-order valence-corrected chi connectivity index (χ4v) is 4.23. The molecule has 0 saturated heterocycles. The number of carbonyl (C=O) groups is 1. The molecule has 1 unspecified atom stereocenters. The minimum Gasteiger partial charge on any atom is -0.244 e. The average Bonchev–Trinajstić information content (AvgIpc) is 2.80. The SMILES string of the molecule is C=[PH+]C(=O)CC=CCCCC(c1ccccc1)(c1ccccc1)c1ccccc1. The van der Waals surface area contributed by atoms with E-state index < -0.39 is 0 Å². The molecule has 0 radical (unpaired) electrons. The number of carbonyl (C=O) groups excluding carboxylic acids is 1. The van der Waals surface area contributed by atoms with Crippen LogP contribution in [0.3, 0.4) is 0 Å². The van der Waals surface area contributed by atoms with E-state index in [2.05, 4.69) is 103 Å². The topological polar surface area (TPSA) is 17.1 Å². The van der Waals surface area contributed by atoms with Gasteiger partial charge in [-0.05, 0) is 36.0 Å². The second kappa shape index (κ2) is 10.7. The van der Waals surface area contributed by atoms with Crippen LogP contribution < -0.4 is 0 Å². The maximum Gasteiger partial charge on any atom is 0.323 e. The van der Waals surface area contributed by atoms with Gasteiger partial charge in [-0.1, -0.05) is 103 Å². The molecule has 0 aliphatic rings. The maximum atomic E-state index is 11.5. The van der Waals surface area contributed by atoms with Gasteiger partial charge in [0.1, 0.15) is 8.20 Å². The van der Waals surface area contributed by atoms with Crippen molar-refractivity contribution < 1.29 is 4.79 Å². The van der Waals surface area contributed by atoms with Crippen molar-refractivity contribution in [2.24, 2.45) is 0 Å². The first kappa shape index (κ1) is 21.0. The third-order valence-corrected chi connectivity index (χ3v) is 5.99. The summed E-state index contributed by atoms with van der Waals surface area (Å²) in [6.07, 6.45) is 11.3. The number of benzene rings is 3. The van der Waals surface area contributed by atoms with Crippen molar-refractivity contribution >= 4 is 20.0 Å². The van der Waals surface area contributed by atoms with Crippen LogP contribution in [0.2, 0.25) is 0 Å². The molecular formula is C27H28OP+. The van der Waals surface area contributed by atoms with E-state index in [9.17, 15) is 4.79 Å². The molecule has 0 saturated carbocycles.